The minimum absolute atomic E-state index is 0.238. The van der Waals surface area contributed by atoms with Crippen LogP contribution in [0, 0.1) is 0 Å². The first-order valence-electron chi connectivity index (χ1n) is 5.65. The maximum atomic E-state index is 11.6. The lowest BCUT2D eigenvalue weighted by molar-refractivity contribution is 0.0994. The van der Waals surface area contributed by atoms with Gasteiger partial charge in [-0.2, -0.15) is 0 Å². The Kier molecular flexibility index (Phi) is 2.69. The third-order valence-electron chi connectivity index (χ3n) is 2.99. The van der Waals surface area contributed by atoms with Gasteiger partial charge in [0.15, 0.2) is 5.78 Å². The fourth-order valence-corrected chi connectivity index (χ4v) is 2.75. The lowest BCUT2D eigenvalue weighted by Crippen LogP contribution is -1.97. The fourth-order valence-electron chi connectivity index (χ4n) is 2.14. The molecule has 3 rings (SSSR count). The summed E-state index contributed by atoms with van der Waals surface area (Å²) in [5.41, 5.74) is 1.92. The van der Waals surface area contributed by atoms with E-state index in [2.05, 4.69) is 6.07 Å². The first kappa shape index (κ1) is 10.5. The van der Waals surface area contributed by atoms with Crippen molar-refractivity contribution in [2.24, 2.45) is 0 Å². The van der Waals surface area contributed by atoms with Crippen LogP contribution in [0.2, 0.25) is 0 Å². The van der Waals surface area contributed by atoms with Gasteiger partial charge in [0.1, 0.15) is 12.4 Å². The number of carbonyl (C=O) groups excluding carboxylic acids is 1. The minimum Gasteiger partial charge on any atom is -0.488 e. The highest BCUT2D eigenvalue weighted by Crippen LogP contribution is 2.31. The van der Waals surface area contributed by atoms with E-state index in [1.807, 2.05) is 29.6 Å². The molecule has 0 atom stereocenters. The number of thiophene rings is 1. The van der Waals surface area contributed by atoms with Crippen molar-refractivity contribution in [1.29, 1.82) is 0 Å². The maximum absolute atomic E-state index is 11.6. The molecule has 2 aromatic rings. The number of ether oxygens (including phenoxy) is 1. The van der Waals surface area contributed by atoms with E-state index in [9.17, 15) is 4.79 Å². The van der Waals surface area contributed by atoms with E-state index in [0.717, 1.165) is 23.3 Å². The van der Waals surface area contributed by atoms with Crippen LogP contribution in [-0.2, 0) is 13.0 Å². The van der Waals surface area contributed by atoms with Crippen molar-refractivity contribution in [2.45, 2.75) is 19.4 Å². The zero-order valence-corrected chi connectivity index (χ0v) is 10.1. The van der Waals surface area contributed by atoms with Crippen LogP contribution in [-0.4, -0.2) is 5.78 Å². The average Bonchev–Trinajstić information content (AvgIpc) is 2.97. The van der Waals surface area contributed by atoms with E-state index in [1.54, 1.807) is 11.3 Å². The van der Waals surface area contributed by atoms with E-state index in [-0.39, 0.29) is 5.78 Å². The molecule has 1 heterocycles. The number of rotatable bonds is 3. The molecule has 1 aromatic heterocycles. The van der Waals surface area contributed by atoms with Gasteiger partial charge in [0.05, 0.1) is 0 Å². The van der Waals surface area contributed by atoms with Crippen LogP contribution in [0.25, 0.3) is 0 Å². The molecule has 17 heavy (non-hydrogen) atoms. The van der Waals surface area contributed by atoms with Gasteiger partial charge in [0.2, 0.25) is 0 Å². The van der Waals surface area contributed by atoms with Gasteiger partial charge in [0.25, 0.3) is 0 Å². The number of Topliss-reactive ketones (excluding diaryl/α,β-unsaturated/α-hetero) is 1. The van der Waals surface area contributed by atoms with E-state index in [4.69, 9.17) is 4.74 Å². The van der Waals surface area contributed by atoms with Gasteiger partial charge in [-0.15, -0.1) is 11.3 Å². The Morgan fingerprint density at radius 2 is 2.12 bits per heavy atom. The zero-order chi connectivity index (χ0) is 11.7. The zero-order valence-electron chi connectivity index (χ0n) is 9.31. The average molecular weight is 244 g/mol. The van der Waals surface area contributed by atoms with Gasteiger partial charge in [-0.05, 0) is 23.9 Å². The first-order valence-corrected chi connectivity index (χ1v) is 6.53. The van der Waals surface area contributed by atoms with Gasteiger partial charge in [-0.3, -0.25) is 4.79 Å². The number of benzene rings is 1. The van der Waals surface area contributed by atoms with E-state index < -0.39 is 0 Å². The predicted molar refractivity (Wildman–Crippen MR) is 67.7 cm³/mol. The van der Waals surface area contributed by atoms with E-state index in [0.29, 0.717) is 13.0 Å². The Labute approximate surface area is 104 Å². The second kappa shape index (κ2) is 4.34. The molecule has 0 fully saturated rings. The molecule has 0 N–H and O–H groups in total. The molecule has 2 nitrogen and oxygen atoms in total. The van der Waals surface area contributed by atoms with Gasteiger partial charge < -0.3 is 4.74 Å². The van der Waals surface area contributed by atoms with Crippen molar-refractivity contribution >= 4 is 17.1 Å². The summed E-state index contributed by atoms with van der Waals surface area (Å²) in [7, 11) is 0. The summed E-state index contributed by atoms with van der Waals surface area (Å²) in [5.74, 6) is 1.10. The van der Waals surface area contributed by atoms with Gasteiger partial charge in [-0.25, -0.2) is 0 Å². The highest BCUT2D eigenvalue weighted by molar-refractivity contribution is 7.09. The molecule has 0 aliphatic heterocycles. The van der Waals surface area contributed by atoms with Crippen molar-refractivity contribution in [1.82, 2.24) is 0 Å². The van der Waals surface area contributed by atoms with Gasteiger partial charge in [0, 0.05) is 22.4 Å². The largest absolute Gasteiger partial charge is 0.488 e. The molecule has 0 unspecified atom stereocenters. The van der Waals surface area contributed by atoms with Gasteiger partial charge in [-0.1, -0.05) is 18.2 Å². The summed E-state index contributed by atoms with van der Waals surface area (Å²) < 4.78 is 5.80. The maximum Gasteiger partial charge on any atom is 0.163 e. The Morgan fingerprint density at radius 3 is 2.94 bits per heavy atom. The lowest BCUT2D eigenvalue weighted by Gasteiger charge is -2.09. The number of carbonyl (C=O) groups is 1. The molecular formula is C14H12O2S. The number of hydrogen-bond acceptors (Lipinski definition) is 3. The Hall–Kier alpha value is -1.61. The lowest BCUT2D eigenvalue weighted by atomic mass is 10.1. The molecule has 86 valence electrons. The van der Waals surface area contributed by atoms with Crippen LogP contribution in [0.1, 0.15) is 27.2 Å². The minimum atomic E-state index is 0.238. The number of ketones is 1. The highest BCUT2D eigenvalue weighted by atomic mass is 32.1. The monoisotopic (exact) mass is 244 g/mol. The molecule has 0 radical (unpaired) electrons. The van der Waals surface area contributed by atoms with Crippen LogP contribution in [0.3, 0.4) is 0 Å². The number of fused-ring (bicyclic) bond motifs is 1. The van der Waals surface area contributed by atoms with Crippen LogP contribution in [0.4, 0.5) is 0 Å². The topological polar surface area (TPSA) is 26.3 Å². The standard InChI is InChI=1S/C14H12O2S/c15-13-7-6-12-11(13)4-1-5-14(12)16-9-10-3-2-8-17-10/h1-5,8H,6-7,9H2. The predicted octanol–water partition coefficient (Wildman–Crippen LogP) is 3.46. The fraction of sp³-hybridized carbons (Fsp3) is 0.214. The molecule has 0 amide bonds. The molecule has 0 saturated carbocycles. The molecule has 1 aliphatic rings. The Bertz CT molecular complexity index is 543. The summed E-state index contributed by atoms with van der Waals surface area (Å²) in [6, 6.07) is 9.81. The van der Waals surface area contributed by atoms with Crippen molar-refractivity contribution in [3.63, 3.8) is 0 Å². The second-order valence-electron chi connectivity index (χ2n) is 4.07. The van der Waals surface area contributed by atoms with Crippen LogP contribution >= 0.6 is 11.3 Å². The Balaban J connectivity index is 1.82. The van der Waals surface area contributed by atoms with Crippen LogP contribution < -0.4 is 4.74 Å². The third kappa shape index (κ3) is 1.98. The summed E-state index contributed by atoms with van der Waals surface area (Å²) in [5, 5.41) is 2.04. The molecule has 1 aliphatic carbocycles. The SMILES string of the molecule is O=C1CCc2c(OCc3cccs3)cccc21. The van der Waals surface area contributed by atoms with E-state index in [1.165, 1.54) is 4.88 Å². The summed E-state index contributed by atoms with van der Waals surface area (Å²) in [6.07, 6.45) is 1.43. The molecule has 0 saturated heterocycles. The first-order chi connectivity index (χ1) is 8.34. The molecule has 0 spiro atoms. The van der Waals surface area contributed by atoms with Crippen molar-refractivity contribution in [2.75, 3.05) is 0 Å². The van der Waals surface area contributed by atoms with Crippen LogP contribution in [0.15, 0.2) is 35.7 Å². The molecule has 3 heteroatoms. The highest BCUT2D eigenvalue weighted by Gasteiger charge is 2.22. The molecular weight excluding hydrogens is 232 g/mol. The third-order valence-corrected chi connectivity index (χ3v) is 3.84. The van der Waals surface area contributed by atoms with Crippen molar-refractivity contribution in [3.05, 3.63) is 51.7 Å². The number of hydrogen-bond donors (Lipinski definition) is 0. The summed E-state index contributed by atoms with van der Waals surface area (Å²) >= 11 is 1.68. The Morgan fingerprint density at radius 1 is 1.18 bits per heavy atom. The second-order valence-corrected chi connectivity index (χ2v) is 5.11. The summed E-state index contributed by atoms with van der Waals surface area (Å²) in [4.78, 5) is 12.8. The van der Waals surface area contributed by atoms with Crippen molar-refractivity contribution in [3.8, 4) is 5.75 Å². The van der Waals surface area contributed by atoms with Crippen molar-refractivity contribution < 1.29 is 9.53 Å². The van der Waals surface area contributed by atoms with Gasteiger partial charge >= 0.3 is 0 Å². The normalized spacial score (nSPS) is 13.8. The summed E-state index contributed by atoms with van der Waals surface area (Å²) in [6.45, 7) is 0.586. The molecule has 1 aromatic carbocycles. The van der Waals surface area contributed by atoms with Crippen LogP contribution in [0.5, 0.6) is 5.75 Å². The quantitative estimate of drug-likeness (QED) is 0.826. The smallest absolute Gasteiger partial charge is 0.163 e. The van der Waals surface area contributed by atoms with E-state index >= 15 is 0 Å². The molecule has 0 bridgehead atoms.